The number of aromatic nitrogens is 1. The molecule has 0 aromatic carbocycles. The maximum atomic E-state index is 9.67. The van der Waals surface area contributed by atoms with Gasteiger partial charge in [0.05, 0.1) is 6.10 Å². The Kier molecular flexibility index (Phi) is 4.09. The first-order valence-corrected chi connectivity index (χ1v) is 5.45. The lowest BCUT2D eigenvalue weighted by Gasteiger charge is -2.14. The summed E-state index contributed by atoms with van der Waals surface area (Å²) in [5, 5.41) is 12.9. The van der Waals surface area contributed by atoms with Crippen LogP contribution in [0.2, 0.25) is 0 Å². The van der Waals surface area contributed by atoms with Gasteiger partial charge in [-0.3, -0.25) is 0 Å². The SMILES string of the molecule is CC[C@H](O)c1cnc(NC(C)C)c(C)c1. The highest BCUT2D eigenvalue weighted by Gasteiger charge is 2.08. The van der Waals surface area contributed by atoms with E-state index in [-0.39, 0.29) is 0 Å². The van der Waals surface area contributed by atoms with Crippen molar-refractivity contribution < 1.29 is 5.11 Å². The summed E-state index contributed by atoms with van der Waals surface area (Å²) in [6.07, 6.45) is 2.06. The van der Waals surface area contributed by atoms with Crippen LogP contribution in [-0.2, 0) is 0 Å². The number of aryl methyl sites for hydroxylation is 1. The van der Waals surface area contributed by atoms with E-state index in [0.29, 0.717) is 6.04 Å². The second kappa shape index (κ2) is 5.12. The van der Waals surface area contributed by atoms with Gasteiger partial charge in [0.2, 0.25) is 0 Å². The fraction of sp³-hybridized carbons (Fsp3) is 0.583. The molecule has 15 heavy (non-hydrogen) atoms. The minimum atomic E-state index is -0.399. The summed E-state index contributed by atoms with van der Waals surface area (Å²) >= 11 is 0. The van der Waals surface area contributed by atoms with Gasteiger partial charge in [-0.1, -0.05) is 6.92 Å². The molecule has 3 heteroatoms. The molecule has 0 bridgehead atoms. The number of nitrogens with zero attached hydrogens (tertiary/aromatic N) is 1. The average molecular weight is 208 g/mol. The van der Waals surface area contributed by atoms with Gasteiger partial charge in [0.1, 0.15) is 5.82 Å². The summed E-state index contributed by atoms with van der Waals surface area (Å²) in [4.78, 5) is 4.32. The molecular weight excluding hydrogens is 188 g/mol. The van der Waals surface area contributed by atoms with E-state index < -0.39 is 6.10 Å². The molecule has 1 aromatic heterocycles. The second-order valence-corrected chi connectivity index (χ2v) is 4.16. The Hall–Kier alpha value is -1.09. The molecule has 0 aliphatic carbocycles. The zero-order valence-electron chi connectivity index (χ0n) is 9.91. The van der Waals surface area contributed by atoms with Crippen molar-refractivity contribution in [1.82, 2.24) is 4.98 Å². The van der Waals surface area contributed by atoms with Crippen LogP contribution < -0.4 is 5.32 Å². The molecule has 2 N–H and O–H groups in total. The number of pyridine rings is 1. The average Bonchev–Trinajstić information content (AvgIpc) is 2.19. The van der Waals surface area contributed by atoms with Crippen LogP contribution >= 0.6 is 0 Å². The number of anilines is 1. The van der Waals surface area contributed by atoms with Crippen LogP contribution in [0.15, 0.2) is 12.3 Å². The third-order valence-electron chi connectivity index (χ3n) is 2.30. The van der Waals surface area contributed by atoms with Gasteiger partial charge in [-0.15, -0.1) is 0 Å². The monoisotopic (exact) mass is 208 g/mol. The maximum absolute atomic E-state index is 9.67. The van der Waals surface area contributed by atoms with E-state index in [1.165, 1.54) is 0 Å². The molecule has 3 nitrogen and oxygen atoms in total. The number of nitrogens with one attached hydrogen (secondary N) is 1. The summed E-state index contributed by atoms with van der Waals surface area (Å²) in [5.74, 6) is 0.900. The first-order valence-electron chi connectivity index (χ1n) is 5.45. The lowest BCUT2D eigenvalue weighted by molar-refractivity contribution is 0.173. The minimum Gasteiger partial charge on any atom is -0.388 e. The van der Waals surface area contributed by atoms with Gasteiger partial charge < -0.3 is 10.4 Å². The Morgan fingerprint density at radius 2 is 2.13 bits per heavy atom. The van der Waals surface area contributed by atoms with Gasteiger partial charge in [0.25, 0.3) is 0 Å². The Morgan fingerprint density at radius 1 is 1.47 bits per heavy atom. The number of hydrogen-bond acceptors (Lipinski definition) is 3. The quantitative estimate of drug-likeness (QED) is 0.799. The Morgan fingerprint density at radius 3 is 2.60 bits per heavy atom. The predicted molar refractivity (Wildman–Crippen MR) is 63.0 cm³/mol. The first-order chi connectivity index (χ1) is 7.04. The van der Waals surface area contributed by atoms with Crippen LogP contribution in [0.3, 0.4) is 0 Å². The van der Waals surface area contributed by atoms with Crippen LogP contribution in [0.5, 0.6) is 0 Å². The van der Waals surface area contributed by atoms with Crippen molar-refractivity contribution in [3.8, 4) is 0 Å². The Bertz CT molecular complexity index is 323. The molecule has 0 radical (unpaired) electrons. The molecule has 0 unspecified atom stereocenters. The highest BCUT2D eigenvalue weighted by atomic mass is 16.3. The van der Waals surface area contributed by atoms with Crippen molar-refractivity contribution in [2.24, 2.45) is 0 Å². The first kappa shape index (κ1) is 12.0. The lowest BCUT2D eigenvalue weighted by atomic mass is 10.1. The largest absolute Gasteiger partial charge is 0.388 e. The summed E-state index contributed by atoms with van der Waals surface area (Å²) < 4.78 is 0. The standard InChI is InChI=1S/C12H20N2O/c1-5-11(15)10-6-9(4)12(13-7-10)14-8(2)3/h6-8,11,15H,5H2,1-4H3,(H,13,14)/t11-/m0/s1. The van der Waals surface area contributed by atoms with E-state index in [2.05, 4.69) is 24.1 Å². The zero-order valence-corrected chi connectivity index (χ0v) is 9.91. The van der Waals surface area contributed by atoms with E-state index >= 15 is 0 Å². The van der Waals surface area contributed by atoms with Gasteiger partial charge in [0.15, 0.2) is 0 Å². The van der Waals surface area contributed by atoms with Crippen LogP contribution in [0, 0.1) is 6.92 Å². The highest BCUT2D eigenvalue weighted by molar-refractivity contribution is 5.45. The third-order valence-corrected chi connectivity index (χ3v) is 2.30. The van der Waals surface area contributed by atoms with Crippen LogP contribution in [0.25, 0.3) is 0 Å². The maximum Gasteiger partial charge on any atom is 0.129 e. The molecular formula is C12H20N2O. The van der Waals surface area contributed by atoms with Crippen molar-refractivity contribution in [2.75, 3.05) is 5.32 Å². The van der Waals surface area contributed by atoms with Crippen LogP contribution in [0.1, 0.15) is 44.4 Å². The van der Waals surface area contributed by atoms with Crippen molar-refractivity contribution in [1.29, 1.82) is 0 Å². The predicted octanol–water partition coefficient (Wildman–Crippen LogP) is 2.65. The van der Waals surface area contributed by atoms with Crippen LogP contribution in [0.4, 0.5) is 5.82 Å². The topological polar surface area (TPSA) is 45.2 Å². The van der Waals surface area contributed by atoms with E-state index in [1.807, 2.05) is 19.9 Å². The second-order valence-electron chi connectivity index (χ2n) is 4.16. The molecule has 0 amide bonds. The minimum absolute atomic E-state index is 0.373. The van der Waals surface area contributed by atoms with Gasteiger partial charge in [0, 0.05) is 12.2 Å². The smallest absolute Gasteiger partial charge is 0.129 e. The number of hydrogen-bond donors (Lipinski definition) is 2. The van der Waals surface area contributed by atoms with E-state index in [4.69, 9.17) is 0 Å². The number of aliphatic hydroxyl groups excluding tert-OH is 1. The van der Waals surface area contributed by atoms with E-state index in [9.17, 15) is 5.11 Å². The fourth-order valence-electron chi connectivity index (χ4n) is 1.44. The summed E-state index contributed by atoms with van der Waals surface area (Å²) in [5.41, 5.74) is 1.97. The fourth-order valence-corrected chi connectivity index (χ4v) is 1.44. The number of aliphatic hydroxyl groups is 1. The van der Waals surface area contributed by atoms with Gasteiger partial charge in [-0.05, 0) is 44.4 Å². The summed E-state index contributed by atoms with van der Waals surface area (Å²) in [7, 11) is 0. The zero-order chi connectivity index (χ0) is 11.4. The Labute approximate surface area is 91.5 Å². The molecule has 0 saturated heterocycles. The third kappa shape index (κ3) is 3.20. The van der Waals surface area contributed by atoms with Gasteiger partial charge >= 0.3 is 0 Å². The molecule has 1 heterocycles. The number of rotatable bonds is 4. The molecule has 0 aliphatic heterocycles. The van der Waals surface area contributed by atoms with Crippen LogP contribution in [-0.4, -0.2) is 16.1 Å². The lowest BCUT2D eigenvalue weighted by Crippen LogP contribution is -2.12. The van der Waals surface area contributed by atoms with Crippen molar-refractivity contribution in [3.63, 3.8) is 0 Å². The molecule has 1 rings (SSSR count). The molecule has 1 atom stereocenters. The molecule has 0 saturated carbocycles. The molecule has 0 aliphatic rings. The Balaban J connectivity index is 2.88. The van der Waals surface area contributed by atoms with Gasteiger partial charge in [-0.25, -0.2) is 4.98 Å². The summed E-state index contributed by atoms with van der Waals surface area (Å²) in [6.45, 7) is 8.12. The van der Waals surface area contributed by atoms with E-state index in [1.54, 1.807) is 6.20 Å². The van der Waals surface area contributed by atoms with E-state index in [0.717, 1.165) is 23.4 Å². The molecule has 0 fully saturated rings. The molecule has 84 valence electrons. The van der Waals surface area contributed by atoms with Crippen molar-refractivity contribution in [2.45, 2.75) is 46.3 Å². The summed E-state index contributed by atoms with van der Waals surface area (Å²) in [6, 6.07) is 2.37. The highest BCUT2D eigenvalue weighted by Crippen LogP contribution is 2.20. The van der Waals surface area contributed by atoms with Crippen molar-refractivity contribution >= 4 is 5.82 Å². The molecule has 0 spiro atoms. The van der Waals surface area contributed by atoms with Gasteiger partial charge in [-0.2, -0.15) is 0 Å². The molecule has 1 aromatic rings. The van der Waals surface area contributed by atoms with Crippen molar-refractivity contribution in [3.05, 3.63) is 23.4 Å². The normalized spacial score (nSPS) is 12.9.